The zero-order valence-corrected chi connectivity index (χ0v) is 17.3. The van der Waals surface area contributed by atoms with Crippen molar-refractivity contribution in [3.63, 3.8) is 0 Å². The van der Waals surface area contributed by atoms with Crippen molar-refractivity contribution in [1.29, 1.82) is 0 Å². The Hall–Kier alpha value is -2.49. The van der Waals surface area contributed by atoms with E-state index in [0.717, 1.165) is 16.2 Å². The molecule has 2 amide bonds. The van der Waals surface area contributed by atoms with Crippen molar-refractivity contribution in [3.05, 3.63) is 63.5 Å². The quantitative estimate of drug-likeness (QED) is 0.540. The summed E-state index contributed by atoms with van der Waals surface area (Å²) in [6.07, 6.45) is 0. The number of anilines is 2. The van der Waals surface area contributed by atoms with Gasteiger partial charge in [-0.15, -0.1) is 0 Å². The van der Waals surface area contributed by atoms with Crippen LogP contribution >= 0.6 is 39.9 Å². The van der Waals surface area contributed by atoms with Gasteiger partial charge in [0, 0.05) is 10.0 Å². The molecule has 0 aliphatic carbocycles. The maximum atomic E-state index is 13.1. The van der Waals surface area contributed by atoms with Gasteiger partial charge in [-0.3, -0.25) is 24.2 Å². The van der Waals surface area contributed by atoms with E-state index in [2.05, 4.69) is 15.9 Å². The van der Waals surface area contributed by atoms with Gasteiger partial charge in [-0.05, 0) is 30.3 Å². The predicted molar refractivity (Wildman–Crippen MR) is 115 cm³/mol. The van der Waals surface area contributed by atoms with Gasteiger partial charge >= 0.3 is 5.97 Å². The molecule has 2 aliphatic rings. The molecule has 1 N–H and O–H groups in total. The Bertz CT molecular complexity index is 1080. The van der Waals surface area contributed by atoms with Gasteiger partial charge in [0.15, 0.2) is 4.32 Å². The summed E-state index contributed by atoms with van der Waals surface area (Å²) in [6, 6.07) is 13.9. The minimum atomic E-state index is -1.13. The number of rotatable bonds is 3. The number of para-hydroxylation sites is 1. The van der Waals surface area contributed by atoms with Crippen molar-refractivity contribution < 1.29 is 19.5 Å². The molecule has 9 heteroatoms. The standard InChI is InChI=1S/C19H11BrN2O4S2/c20-10-5-7-11(8-6-10)22-18(26)16(28-19(22)27)15-12-3-1-2-4-13(12)21(17(15)25)9-14(23)24/h1-8H,9H2,(H,23,24)/b16-15-. The van der Waals surface area contributed by atoms with Crippen LogP contribution in [0.2, 0.25) is 0 Å². The number of nitrogens with zero attached hydrogens (tertiary/aromatic N) is 2. The van der Waals surface area contributed by atoms with Crippen molar-refractivity contribution in [2.24, 2.45) is 0 Å². The molecule has 0 aromatic heterocycles. The van der Waals surface area contributed by atoms with Gasteiger partial charge in [0.05, 0.1) is 21.9 Å². The van der Waals surface area contributed by atoms with E-state index in [1.165, 1.54) is 9.80 Å². The van der Waals surface area contributed by atoms with Gasteiger partial charge in [0.1, 0.15) is 6.54 Å². The monoisotopic (exact) mass is 474 g/mol. The minimum Gasteiger partial charge on any atom is -0.480 e. The molecule has 0 saturated carbocycles. The number of aliphatic carboxylic acids is 1. The SMILES string of the molecule is O=C(O)CN1C(=O)/C(=C2\SC(=S)N(c3ccc(Br)cc3)C2=O)c2ccccc21. The highest BCUT2D eigenvalue weighted by Crippen LogP contribution is 2.45. The lowest BCUT2D eigenvalue weighted by Crippen LogP contribution is -2.32. The molecule has 140 valence electrons. The second-order valence-electron chi connectivity index (χ2n) is 5.99. The maximum Gasteiger partial charge on any atom is 0.323 e. The Balaban J connectivity index is 1.82. The molecule has 4 rings (SSSR count). The van der Waals surface area contributed by atoms with Crippen molar-refractivity contribution in [2.45, 2.75) is 0 Å². The average Bonchev–Trinajstić information content (AvgIpc) is 3.09. The predicted octanol–water partition coefficient (Wildman–Crippen LogP) is 3.66. The van der Waals surface area contributed by atoms with Crippen molar-refractivity contribution in [1.82, 2.24) is 0 Å². The third-order valence-electron chi connectivity index (χ3n) is 4.30. The third kappa shape index (κ3) is 3.05. The number of carboxylic acids is 1. The van der Waals surface area contributed by atoms with Crippen LogP contribution in [0.25, 0.3) is 5.57 Å². The summed E-state index contributed by atoms with van der Waals surface area (Å²) in [5, 5.41) is 9.16. The first-order chi connectivity index (χ1) is 13.4. The lowest BCUT2D eigenvalue weighted by atomic mass is 10.1. The lowest BCUT2D eigenvalue weighted by Gasteiger charge is -2.14. The Morgan fingerprint density at radius 1 is 1.07 bits per heavy atom. The molecule has 0 unspecified atom stereocenters. The topological polar surface area (TPSA) is 77.9 Å². The molecular formula is C19H11BrN2O4S2. The van der Waals surface area contributed by atoms with Crippen LogP contribution in [0, 0.1) is 0 Å². The number of carboxylic acid groups (broad SMARTS) is 1. The fourth-order valence-electron chi connectivity index (χ4n) is 3.12. The molecule has 6 nitrogen and oxygen atoms in total. The van der Waals surface area contributed by atoms with E-state index in [9.17, 15) is 14.4 Å². The molecule has 2 aromatic carbocycles. The van der Waals surface area contributed by atoms with E-state index >= 15 is 0 Å². The van der Waals surface area contributed by atoms with Crippen molar-refractivity contribution in [2.75, 3.05) is 16.3 Å². The second kappa shape index (κ2) is 7.16. The summed E-state index contributed by atoms with van der Waals surface area (Å²) < 4.78 is 1.18. The molecular weight excluding hydrogens is 464 g/mol. The highest BCUT2D eigenvalue weighted by Gasteiger charge is 2.42. The molecule has 0 bridgehead atoms. The molecule has 0 radical (unpaired) electrons. The van der Waals surface area contributed by atoms with E-state index in [4.69, 9.17) is 17.3 Å². The van der Waals surface area contributed by atoms with Gasteiger partial charge < -0.3 is 5.11 Å². The number of benzene rings is 2. The van der Waals surface area contributed by atoms with Gasteiger partial charge in [0.2, 0.25) is 0 Å². The second-order valence-corrected chi connectivity index (χ2v) is 8.55. The normalized spacial score (nSPS) is 18.8. The van der Waals surface area contributed by atoms with Crippen molar-refractivity contribution in [3.8, 4) is 0 Å². The Labute approximate surface area is 177 Å². The number of carbonyl (C=O) groups excluding carboxylic acids is 2. The first-order valence-electron chi connectivity index (χ1n) is 8.07. The molecule has 28 heavy (non-hydrogen) atoms. The summed E-state index contributed by atoms with van der Waals surface area (Å²) in [4.78, 5) is 40.1. The van der Waals surface area contributed by atoms with E-state index in [0.29, 0.717) is 21.3 Å². The summed E-state index contributed by atoms with van der Waals surface area (Å²) in [5.74, 6) is -2.04. The van der Waals surface area contributed by atoms with Crippen LogP contribution in [0.3, 0.4) is 0 Å². The molecule has 0 spiro atoms. The number of thioether (sulfide) groups is 1. The van der Waals surface area contributed by atoms with Gasteiger partial charge in [-0.2, -0.15) is 0 Å². The average molecular weight is 475 g/mol. The van der Waals surface area contributed by atoms with Gasteiger partial charge in [-0.25, -0.2) is 0 Å². The largest absolute Gasteiger partial charge is 0.480 e. The zero-order valence-electron chi connectivity index (χ0n) is 14.1. The van der Waals surface area contributed by atoms with Crippen LogP contribution in [0.5, 0.6) is 0 Å². The van der Waals surface area contributed by atoms with Crippen molar-refractivity contribution >= 4 is 79.0 Å². The van der Waals surface area contributed by atoms with E-state index in [1.54, 1.807) is 48.5 Å². The highest BCUT2D eigenvalue weighted by atomic mass is 79.9. The van der Waals surface area contributed by atoms with Crippen LogP contribution < -0.4 is 9.80 Å². The number of hydrogen-bond donors (Lipinski definition) is 1. The number of thiocarbonyl (C=S) groups is 1. The van der Waals surface area contributed by atoms with Crippen LogP contribution in [0.1, 0.15) is 5.56 Å². The number of amides is 2. The molecule has 2 aliphatic heterocycles. The number of fused-ring (bicyclic) bond motifs is 1. The van der Waals surface area contributed by atoms with Crippen LogP contribution in [-0.4, -0.2) is 33.8 Å². The smallest absolute Gasteiger partial charge is 0.323 e. The van der Waals surface area contributed by atoms with E-state index in [-0.39, 0.29) is 10.5 Å². The Morgan fingerprint density at radius 2 is 1.75 bits per heavy atom. The number of hydrogen-bond acceptors (Lipinski definition) is 5. The molecule has 2 aromatic rings. The van der Waals surface area contributed by atoms with Crippen LogP contribution in [0.4, 0.5) is 11.4 Å². The van der Waals surface area contributed by atoms with Crippen LogP contribution in [0.15, 0.2) is 57.9 Å². The number of halogens is 1. The molecule has 0 atom stereocenters. The highest BCUT2D eigenvalue weighted by molar-refractivity contribution is 9.10. The Morgan fingerprint density at radius 3 is 2.43 bits per heavy atom. The summed E-state index contributed by atoms with van der Waals surface area (Å²) >= 11 is 9.78. The Kier molecular flexibility index (Phi) is 4.82. The molecule has 1 saturated heterocycles. The fourth-order valence-corrected chi connectivity index (χ4v) is 4.76. The molecule has 1 fully saturated rings. The summed E-state index contributed by atoms with van der Waals surface area (Å²) in [6.45, 7) is -0.480. The first-order valence-corrected chi connectivity index (χ1v) is 10.1. The fraction of sp³-hybridized carbons (Fsp3) is 0.0526. The third-order valence-corrected chi connectivity index (χ3v) is 6.20. The maximum absolute atomic E-state index is 13.1. The van der Waals surface area contributed by atoms with Gasteiger partial charge in [0.25, 0.3) is 11.8 Å². The summed E-state index contributed by atoms with van der Waals surface area (Å²) in [7, 11) is 0. The number of carbonyl (C=O) groups is 3. The summed E-state index contributed by atoms with van der Waals surface area (Å²) in [5.41, 5.74) is 1.79. The first kappa shape index (κ1) is 18.9. The van der Waals surface area contributed by atoms with E-state index in [1.807, 2.05) is 0 Å². The zero-order chi connectivity index (χ0) is 20.0. The van der Waals surface area contributed by atoms with Crippen LogP contribution in [-0.2, 0) is 14.4 Å². The minimum absolute atomic E-state index is 0.189. The van der Waals surface area contributed by atoms with E-state index < -0.39 is 24.3 Å². The molecule has 2 heterocycles. The van der Waals surface area contributed by atoms with Gasteiger partial charge in [-0.1, -0.05) is 58.1 Å². The lowest BCUT2D eigenvalue weighted by molar-refractivity contribution is -0.136.